The van der Waals surface area contributed by atoms with Crippen LogP contribution in [0.5, 0.6) is 5.88 Å². The molecule has 2 atom stereocenters. The van der Waals surface area contributed by atoms with E-state index in [-0.39, 0.29) is 11.6 Å². The smallest absolute Gasteiger partial charge is 0.271 e. The van der Waals surface area contributed by atoms with Gasteiger partial charge in [0.05, 0.1) is 18.4 Å². The molecule has 2 rings (SSSR count). The summed E-state index contributed by atoms with van der Waals surface area (Å²) in [4.78, 5) is 19.0. The number of nitrogens with one attached hydrogen (secondary N) is 1. The molecule has 1 aromatic heterocycles. The van der Waals surface area contributed by atoms with E-state index in [1.54, 1.807) is 0 Å². The number of aromatic nitrogens is 2. The largest absolute Gasteiger partial charge is 0.445 e. The minimum absolute atomic E-state index is 0.00365. The molecule has 0 aromatic carbocycles. The fourth-order valence-electron chi connectivity index (χ4n) is 1.43. The summed E-state index contributed by atoms with van der Waals surface area (Å²) in [6.07, 6.45) is 2.42. The van der Waals surface area contributed by atoms with Crippen molar-refractivity contribution in [2.24, 2.45) is 0 Å². The van der Waals surface area contributed by atoms with Crippen molar-refractivity contribution in [1.82, 2.24) is 15.3 Å². The standard InChI is InChI=1S/C10H11F2N3O2/c11-5-17-9-4-13-8(3-14-9)10(16)15-7-2-1-6(7)12/h3-4,6-7H,1-2,5H2,(H,15,16)/t6-,7?/m0/s1. The van der Waals surface area contributed by atoms with Crippen LogP contribution in [-0.2, 0) is 0 Å². The Balaban J connectivity index is 1.94. The molecule has 0 saturated heterocycles. The number of ether oxygens (including phenoxy) is 1. The van der Waals surface area contributed by atoms with Crippen molar-refractivity contribution < 1.29 is 18.3 Å². The van der Waals surface area contributed by atoms with E-state index in [0.717, 1.165) is 12.4 Å². The van der Waals surface area contributed by atoms with Crippen molar-refractivity contribution >= 4 is 5.91 Å². The molecular formula is C10H11F2N3O2. The molecule has 1 aromatic rings. The molecule has 1 saturated carbocycles. The summed E-state index contributed by atoms with van der Waals surface area (Å²) in [5.41, 5.74) is 0.0512. The fourth-order valence-corrected chi connectivity index (χ4v) is 1.43. The van der Waals surface area contributed by atoms with Crippen molar-refractivity contribution in [1.29, 1.82) is 0 Å². The Hall–Kier alpha value is -1.79. The predicted molar refractivity (Wildman–Crippen MR) is 54.0 cm³/mol. The van der Waals surface area contributed by atoms with Crippen LogP contribution in [0.1, 0.15) is 23.3 Å². The second-order valence-electron chi connectivity index (χ2n) is 3.67. The number of halogens is 2. The lowest BCUT2D eigenvalue weighted by Crippen LogP contribution is -2.48. The molecule has 1 aliphatic carbocycles. The third-order valence-corrected chi connectivity index (χ3v) is 2.57. The molecule has 7 heteroatoms. The zero-order valence-electron chi connectivity index (χ0n) is 8.90. The van der Waals surface area contributed by atoms with Crippen LogP contribution in [-0.4, -0.2) is 34.9 Å². The van der Waals surface area contributed by atoms with E-state index in [4.69, 9.17) is 0 Å². The first kappa shape index (κ1) is 11.7. The lowest BCUT2D eigenvalue weighted by atomic mass is 9.90. The van der Waals surface area contributed by atoms with Crippen LogP contribution in [0.15, 0.2) is 12.4 Å². The number of hydrogen-bond donors (Lipinski definition) is 1. The molecule has 1 fully saturated rings. The molecule has 1 unspecified atom stereocenters. The Labute approximate surface area is 96.2 Å². The van der Waals surface area contributed by atoms with Gasteiger partial charge in [-0.1, -0.05) is 0 Å². The number of carbonyl (C=O) groups excluding carboxylic acids is 1. The lowest BCUT2D eigenvalue weighted by molar-refractivity contribution is 0.0819. The van der Waals surface area contributed by atoms with Crippen molar-refractivity contribution in [3.8, 4) is 5.88 Å². The van der Waals surface area contributed by atoms with Gasteiger partial charge in [-0.2, -0.15) is 0 Å². The zero-order valence-corrected chi connectivity index (χ0v) is 8.90. The molecular weight excluding hydrogens is 232 g/mol. The molecule has 1 N–H and O–H groups in total. The van der Waals surface area contributed by atoms with Crippen LogP contribution in [0.2, 0.25) is 0 Å². The summed E-state index contributed by atoms with van der Waals surface area (Å²) >= 11 is 0. The minimum Gasteiger partial charge on any atom is -0.445 e. The SMILES string of the molecule is O=C(NC1CC[C@@H]1F)c1cnc(OCF)cn1. The summed E-state index contributed by atoms with van der Waals surface area (Å²) < 4.78 is 29.1. The highest BCUT2D eigenvalue weighted by Crippen LogP contribution is 2.23. The Kier molecular flexibility index (Phi) is 3.46. The number of amides is 1. The number of carbonyl (C=O) groups is 1. The first-order chi connectivity index (χ1) is 8.20. The van der Waals surface area contributed by atoms with Crippen LogP contribution in [0.4, 0.5) is 8.78 Å². The van der Waals surface area contributed by atoms with Gasteiger partial charge in [-0.15, -0.1) is 0 Å². The highest BCUT2D eigenvalue weighted by Gasteiger charge is 2.32. The van der Waals surface area contributed by atoms with Crippen molar-refractivity contribution in [3.63, 3.8) is 0 Å². The van der Waals surface area contributed by atoms with E-state index >= 15 is 0 Å². The summed E-state index contributed by atoms with van der Waals surface area (Å²) in [7, 11) is 0. The Morgan fingerprint density at radius 2 is 2.29 bits per heavy atom. The van der Waals surface area contributed by atoms with Gasteiger partial charge in [0.25, 0.3) is 5.91 Å². The summed E-state index contributed by atoms with van der Waals surface area (Å²) in [5, 5.41) is 2.50. The molecule has 1 aliphatic rings. The maximum absolute atomic E-state index is 12.9. The average molecular weight is 243 g/mol. The fraction of sp³-hybridized carbons (Fsp3) is 0.500. The Bertz CT molecular complexity index is 399. The third-order valence-electron chi connectivity index (χ3n) is 2.57. The Morgan fingerprint density at radius 3 is 2.76 bits per heavy atom. The maximum Gasteiger partial charge on any atom is 0.271 e. The maximum atomic E-state index is 12.9. The number of alkyl halides is 2. The van der Waals surface area contributed by atoms with Gasteiger partial charge in [-0.25, -0.2) is 18.7 Å². The quantitative estimate of drug-likeness (QED) is 0.857. The summed E-state index contributed by atoms with van der Waals surface area (Å²) in [6, 6.07) is -0.439. The van der Waals surface area contributed by atoms with E-state index in [0.29, 0.717) is 12.8 Å². The van der Waals surface area contributed by atoms with Gasteiger partial charge < -0.3 is 10.1 Å². The van der Waals surface area contributed by atoms with Crippen LogP contribution in [0.25, 0.3) is 0 Å². The lowest BCUT2D eigenvalue weighted by Gasteiger charge is -2.30. The molecule has 17 heavy (non-hydrogen) atoms. The molecule has 0 spiro atoms. The molecule has 5 nitrogen and oxygen atoms in total. The summed E-state index contributed by atoms with van der Waals surface area (Å²) in [5.74, 6) is -0.493. The highest BCUT2D eigenvalue weighted by atomic mass is 19.1. The number of nitrogens with zero attached hydrogens (tertiary/aromatic N) is 2. The third kappa shape index (κ3) is 2.66. The van der Waals surface area contributed by atoms with Gasteiger partial charge >= 0.3 is 0 Å². The number of rotatable bonds is 4. The van der Waals surface area contributed by atoms with Crippen LogP contribution in [0, 0.1) is 0 Å². The number of hydrogen-bond acceptors (Lipinski definition) is 4. The molecule has 92 valence electrons. The molecule has 0 aliphatic heterocycles. The average Bonchev–Trinajstić information content (AvgIpc) is 2.35. The van der Waals surface area contributed by atoms with E-state index in [2.05, 4.69) is 20.0 Å². The second kappa shape index (κ2) is 5.03. The van der Waals surface area contributed by atoms with E-state index < -0.39 is 25.0 Å². The molecule has 1 amide bonds. The summed E-state index contributed by atoms with van der Waals surface area (Å²) in [6.45, 7) is -1.01. The predicted octanol–water partition coefficient (Wildman–Crippen LogP) is 1.01. The normalized spacial score (nSPS) is 22.7. The van der Waals surface area contributed by atoms with Gasteiger partial charge in [-0.3, -0.25) is 4.79 Å². The van der Waals surface area contributed by atoms with Gasteiger partial charge in [0, 0.05) is 0 Å². The van der Waals surface area contributed by atoms with Crippen molar-refractivity contribution in [2.75, 3.05) is 6.86 Å². The van der Waals surface area contributed by atoms with Gasteiger partial charge in [-0.05, 0) is 12.8 Å². The topological polar surface area (TPSA) is 64.1 Å². The van der Waals surface area contributed by atoms with E-state index in [1.165, 1.54) is 0 Å². The minimum atomic E-state index is -1.01. The highest BCUT2D eigenvalue weighted by molar-refractivity contribution is 5.92. The first-order valence-electron chi connectivity index (χ1n) is 5.16. The Morgan fingerprint density at radius 1 is 1.47 bits per heavy atom. The molecule has 1 heterocycles. The van der Waals surface area contributed by atoms with Crippen molar-refractivity contribution in [2.45, 2.75) is 25.1 Å². The van der Waals surface area contributed by atoms with Gasteiger partial charge in [0.15, 0.2) is 0 Å². The van der Waals surface area contributed by atoms with Gasteiger partial charge in [0.2, 0.25) is 12.7 Å². The monoisotopic (exact) mass is 243 g/mol. The van der Waals surface area contributed by atoms with Crippen LogP contribution in [0.3, 0.4) is 0 Å². The van der Waals surface area contributed by atoms with E-state index in [1.807, 2.05) is 0 Å². The zero-order chi connectivity index (χ0) is 12.3. The molecule has 0 radical (unpaired) electrons. The van der Waals surface area contributed by atoms with Crippen LogP contribution >= 0.6 is 0 Å². The first-order valence-corrected chi connectivity index (χ1v) is 5.16. The van der Waals surface area contributed by atoms with Crippen molar-refractivity contribution in [3.05, 3.63) is 18.1 Å². The van der Waals surface area contributed by atoms with Gasteiger partial charge in [0.1, 0.15) is 11.9 Å². The second-order valence-corrected chi connectivity index (χ2v) is 3.67. The van der Waals surface area contributed by atoms with E-state index in [9.17, 15) is 13.6 Å². The molecule has 0 bridgehead atoms. The van der Waals surface area contributed by atoms with Crippen LogP contribution < -0.4 is 10.1 Å².